The fourth-order valence-corrected chi connectivity index (χ4v) is 3.76. The minimum atomic E-state index is -0.0845. The second kappa shape index (κ2) is 9.01. The number of rotatable bonds is 6. The monoisotopic (exact) mass is 389 g/mol. The number of benzene rings is 2. The van der Waals surface area contributed by atoms with E-state index in [0.717, 1.165) is 50.3 Å². The number of carbonyl (C=O) groups excluding carboxylic acids is 1. The number of para-hydroxylation sites is 1. The summed E-state index contributed by atoms with van der Waals surface area (Å²) >= 11 is 0. The SMILES string of the molecule is CCNCC1CCN(C(=O)c2nc(-c3ccccc3)n(-c3ccccc3)n2)CC1. The third-order valence-electron chi connectivity index (χ3n) is 5.42. The second-order valence-corrected chi connectivity index (χ2v) is 7.42. The standard InChI is InChI=1S/C23H27N5O/c1-2-24-17-18-13-15-27(16-14-18)23(29)21-25-22(19-9-5-3-6-10-19)28(26-21)20-11-7-4-8-12-20/h3-12,18,24H,2,13-17H2,1H3. The highest BCUT2D eigenvalue weighted by molar-refractivity contribution is 5.91. The van der Waals surface area contributed by atoms with Gasteiger partial charge in [-0.1, -0.05) is 55.5 Å². The zero-order valence-electron chi connectivity index (χ0n) is 16.8. The molecule has 1 N–H and O–H groups in total. The summed E-state index contributed by atoms with van der Waals surface area (Å²) in [6, 6.07) is 19.7. The average molecular weight is 390 g/mol. The molecule has 150 valence electrons. The molecule has 2 heterocycles. The van der Waals surface area contributed by atoms with Crippen LogP contribution in [0.2, 0.25) is 0 Å². The summed E-state index contributed by atoms with van der Waals surface area (Å²) < 4.78 is 1.76. The molecule has 1 fully saturated rings. The number of hydrogen-bond acceptors (Lipinski definition) is 4. The lowest BCUT2D eigenvalue weighted by atomic mass is 9.97. The molecule has 0 unspecified atom stereocenters. The van der Waals surface area contributed by atoms with E-state index in [1.54, 1.807) is 4.68 Å². The molecule has 6 nitrogen and oxygen atoms in total. The molecule has 0 radical (unpaired) electrons. The van der Waals surface area contributed by atoms with Gasteiger partial charge in [0.1, 0.15) is 0 Å². The Hall–Kier alpha value is -2.99. The Labute approximate surface area is 171 Å². The third kappa shape index (κ3) is 4.38. The summed E-state index contributed by atoms with van der Waals surface area (Å²) in [5.41, 5.74) is 1.83. The van der Waals surface area contributed by atoms with Gasteiger partial charge in [0.25, 0.3) is 5.91 Å². The predicted molar refractivity (Wildman–Crippen MR) is 114 cm³/mol. The van der Waals surface area contributed by atoms with E-state index in [1.165, 1.54) is 0 Å². The Balaban J connectivity index is 1.58. The number of carbonyl (C=O) groups is 1. The molecule has 1 aromatic heterocycles. The molecule has 0 spiro atoms. The zero-order valence-corrected chi connectivity index (χ0v) is 16.8. The molecule has 1 aliphatic rings. The fourth-order valence-electron chi connectivity index (χ4n) is 3.76. The number of nitrogens with zero attached hydrogens (tertiary/aromatic N) is 4. The molecule has 3 aromatic rings. The Bertz CT molecular complexity index is 873. The zero-order chi connectivity index (χ0) is 20.1. The highest BCUT2D eigenvalue weighted by Crippen LogP contribution is 2.23. The largest absolute Gasteiger partial charge is 0.336 e. The Morgan fingerprint density at radius 3 is 2.34 bits per heavy atom. The molecular formula is C23H27N5O. The van der Waals surface area contributed by atoms with Crippen LogP contribution in [0.15, 0.2) is 60.7 Å². The van der Waals surface area contributed by atoms with Crippen LogP contribution in [0.3, 0.4) is 0 Å². The summed E-state index contributed by atoms with van der Waals surface area (Å²) in [5.74, 6) is 1.49. The van der Waals surface area contributed by atoms with Crippen molar-refractivity contribution >= 4 is 5.91 Å². The molecule has 29 heavy (non-hydrogen) atoms. The van der Waals surface area contributed by atoms with Gasteiger partial charge < -0.3 is 10.2 Å². The molecule has 0 bridgehead atoms. The van der Waals surface area contributed by atoms with Gasteiger partial charge in [-0.25, -0.2) is 9.67 Å². The molecule has 1 amide bonds. The number of nitrogens with one attached hydrogen (secondary N) is 1. The van der Waals surface area contributed by atoms with Gasteiger partial charge in [0, 0.05) is 18.7 Å². The number of piperidine rings is 1. The summed E-state index contributed by atoms with van der Waals surface area (Å²) in [7, 11) is 0. The van der Waals surface area contributed by atoms with Gasteiger partial charge in [-0.15, -0.1) is 5.10 Å². The Kier molecular flexibility index (Phi) is 6.00. The molecule has 4 rings (SSSR count). The molecule has 0 saturated carbocycles. The summed E-state index contributed by atoms with van der Waals surface area (Å²) in [5, 5.41) is 8.01. The van der Waals surface area contributed by atoms with E-state index in [1.807, 2.05) is 65.6 Å². The molecule has 1 aliphatic heterocycles. The maximum absolute atomic E-state index is 13.1. The molecule has 2 aromatic carbocycles. The predicted octanol–water partition coefficient (Wildman–Crippen LogP) is 3.40. The maximum atomic E-state index is 13.1. The van der Waals surface area contributed by atoms with Gasteiger partial charge in [0.15, 0.2) is 5.82 Å². The van der Waals surface area contributed by atoms with Crippen LogP contribution >= 0.6 is 0 Å². The minimum absolute atomic E-state index is 0.0845. The van der Waals surface area contributed by atoms with Crippen LogP contribution in [0, 0.1) is 5.92 Å². The van der Waals surface area contributed by atoms with Gasteiger partial charge in [-0.2, -0.15) is 0 Å². The number of likely N-dealkylation sites (tertiary alicyclic amines) is 1. The van der Waals surface area contributed by atoms with Crippen molar-refractivity contribution in [3.8, 4) is 17.1 Å². The highest BCUT2D eigenvalue weighted by Gasteiger charge is 2.27. The third-order valence-corrected chi connectivity index (χ3v) is 5.42. The Morgan fingerprint density at radius 2 is 1.69 bits per heavy atom. The van der Waals surface area contributed by atoms with Gasteiger partial charge in [0.2, 0.25) is 5.82 Å². The maximum Gasteiger partial charge on any atom is 0.293 e. The first kappa shape index (κ1) is 19.3. The summed E-state index contributed by atoms with van der Waals surface area (Å²) in [6.07, 6.45) is 2.04. The van der Waals surface area contributed by atoms with E-state index < -0.39 is 0 Å². The van der Waals surface area contributed by atoms with E-state index in [0.29, 0.717) is 11.7 Å². The van der Waals surface area contributed by atoms with Crippen LogP contribution in [0.5, 0.6) is 0 Å². The van der Waals surface area contributed by atoms with Crippen molar-refractivity contribution in [3.05, 3.63) is 66.5 Å². The van der Waals surface area contributed by atoms with Gasteiger partial charge in [-0.05, 0) is 44.0 Å². The minimum Gasteiger partial charge on any atom is -0.336 e. The lowest BCUT2D eigenvalue weighted by molar-refractivity contribution is 0.0678. The molecule has 0 aliphatic carbocycles. The van der Waals surface area contributed by atoms with Crippen LogP contribution in [-0.4, -0.2) is 51.8 Å². The van der Waals surface area contributed by atoms with Gasteiger partial charge in [-0.3, -0.25) is 4.79 Å². The van der Waals surface area contributed by atoms with E-state index in [9.17, 15) is 4.79 Å². The van der Waals surface area contributed by atoms with Crippen molar-refractivity contribution in [1.82, 2.24) is 25.0 Å². The second-order valence-electron chi connectivity index (χ2n) is 7.42. The van der Waals surface area contributed by atoms with E-state index in [4.69, 9.17) is 0 Å². The topological polar surface area (TPSA) is 63.1 Å². The first-order valence-electron chi connectivity index (χ1n) is 10.3. The van der Waals surface area contributed by atoms with Gasteiger partial charge in [0.05, 0.1) is 5.69 Å². The van der Waals surface area contributed by atoms with E-state index in [2.05, 4.69) is 22.3 Å². The van der Waals surface area contributed by atoms with Gasteiger partial charge >= 0.3 is 0 Å². The van der Waals surface area contributed by atoms with Crippen molar-refractivity contribution in [2.24, 2.45) is 5.92 Å². The first-order valence-corrected chi connectivity index (χ1v) is 10.3. The lowest BCUT2D eigenvalue weighted by Crippen LogP contribution is -2.41. The van der Waals surface area contributed by atoms with Crippen LogP contribution in [0.1, 0.15) is 30.4 Å². The van der Waals surface area contributed by atoms with Crippen LogP contribution in [0.4, 0.5) is 0 Å². The molecule has 1 saturated heterocycles. The molecular weight excluding hydrogens is 362 g/mol. The van der Waals surface area contributed by atoms with Crippen molar-refractivity contribution in [2.45, 2.75) is 19.8 Å². The van der Waals surface area contributed by atoms with Crippen LogP contribution < -0.4 is 5.32 Å². The summed E-state index contributed by atoms with van der Waals surface area (Å²) in [4.78, 5) is 19.7. The quantitative estimate of drug-likeness (QED) is 0.702. The number of hydrogen-bond donors (Lipinski definition) is 1. The van der Waals surface area contributed by atoms with Crippen molar-refractivity contribution in [2.75, 3.05) is 26.2 Å². The molecule has 6 heteroatoms. The van der Waals surface area contributed by atoms with Crippen molar-refractivity contribution in [1.29, 1.82) is 0 Å². The first-order chi connectivity index (χ1) is 14.3. The Morgan fingerprint density at radius 1 is 1.03 bits per heavy atom. The van der Waals surface area contributed by atoms with E-state index >= 15 is 0 Å². The normalized spacial score (nSPS) is 14.9. The lowest BCUT2D eigenvalue weighted by Gasteiger charge is -2.31. The van der Waals surface area contributed by atoms with E-state index in [-0.39, 0.29) is 11.7 Å². The fraction of sp³-hybridized carbons (Fsp3) is 0.348. The van der Waals surface area contributed by atoms with Crippen molar-refractivity contribution in [3.63, 3.8) is 0 Å². The van der Waals surface area contributed by atoms with Crippen LogP contribution in [-0.2, 0) is 0 Å². The van der Waals surface area contributed by atoms with Crippen LogP contribution in [0.25, 0.3) is 17.1 Å². The smallest absolute Gasteiger partial charge is 0.293 e. The highest BCUT2D eigenvalue weighted by atomic mass is 16.2. The number of amides is 1. The summed E-state index contributed by atoms with van der Waals surface area (Å²) in [6.45, 7) is 5.66. The molecule has 0 atom stereocenters. The van der Waals surface area contributed by atoms with Crippen molar-refractivity contribution < 1.29 is 4.79 Å². The average Bonchev–Trinajstić information content (AvgIpc) is 3.24. The number of aromatic nitrogens is 3.